The van der Waals surface area contributed by atoms with Gasteiger partial charge < -0.3 is 11.1 Å². The fourth-order valence-electron chi connectivity index (χ4n) is 2.48. The quantitative estimate of drug-likeness (QED) is 0.874. The summed E-state index contributed by atoms with van der Waals surface area (Å²) < 4.78 is 26.4. The standard InChI is InChI=1S/C14H18F2N2O/c15-11-5-1-3-9(14(11)16)7-13(19)18-8-10-4-2-6-12(10)17/h1,3,5,10,12H,2,4,6-8,17H2,(H,18,19). The highest BCUT2D eigenvalue weighted by molar-refractivity contribution is 5.78. The van der Waals surface area contributed by atoms with Crippen molar-refractivity contribution in [2.75, 3.05) is 6.54 Å². The molecule has 1 aliphatic carbocycles. The van der Waals surface area contributed by atoms with Crippen LogP contribution in [0.2, 0.25) is 0 Å². The summed E-state index contributed by atoms with van der Waals surface area (Å²) in [5, 5.41) is 2.74. The maximum absolute atomic E-state index is 13.4. The van der Waals surface area contributed by atoms with Gasteiger partial charge in [-0.3, -0.25) is 4.79 Å². The van der Waals surface area contributed by atoms with E-state index in [1.165, 1.54) is 12.1 Å². The average Bonchev–Trinajstić information content (AvgIpc) is 2.78. The van der Waals surface area contributed by atoms with Gasteiger partial charge in [-0.25, -0.2) is 8.78 Å². The third-order valence-corrected chi connectivity index (χ3v) is 3.66. The molecule has 1 aliphatic rings. The molecule has 0 spiro atoms. The van der Waals surface area contributed by atoms with Crippen LogP contribution in [0.25, 0.3) is 0 Å². The molecule has 104 valence electrons. The van der Waals surface area contributed by atoms with Gasteiger partial charge in [-0.2, -0.15) is 0 Å². The zero-order valence-corrected chi connectivity index (χ0v) is 10.7. The minimum atomic E-state index is -0.949. The molecule has 1 aromatic carbocycles. The van der Waals surface area contributed by atoms with E-state index < -0.39 is 11.6 Å². The summed E-state index contributed by atoms with van der Waals surface area (Å²) in [6.45, 7) is 0.511. The second kappa shape index (κ2) is 6.10. The SMILES string of the molecule is NC1CCCC1CNC(=O)Cc1cccc(F)c1F. The Morgan fingerprint density at radius 2 is 2.16 bits per heavy atom. The molecule has 3 N–H and O–H groups in total. The number of rotatable bonds is 4. The van der Waals surface area contributed by atoms with Crippen molar-refractivity contribution in [1.82, 2.24) is 5.32 Å². The summed E-state index contributed by atoms with van der Waals surface area (Å²) in [4.78, 5) is 11.7. The van der Waals surface area contributed by atoms with Crippen LogP contribution in [-0.4, -0.2) is 18.5 Å². The van der Waals surface area contributed by atoms with Gasteiger partial charge in [0.2, 0.25) is 5.91 Å². The summed E-state index contributed by atoms with van der Waals surface area (Å²) in [5.41, 5.74) is 5.98. The molecule has 2 unspecified atom stereocenters. The normalized spacial score (nSPS) is 22.5. The summed E-state index contributed by atoms with van der Waals surface area (Å²) in [6.07, 6.45) is 2.93. The van der Waals surface area contributed by atoms with Crippen LogP contribution in [0, 0.1) is 17.6 Å². The fraction of sp³-hybridized carbons (Fsp3) is 0.500. The Kier molecular flexibility index (Phi) is 4.47. The molecule has 1 saturated carbocycles. The van der Waals surface area contributed by atoms with Crippen molar-refractivity contribution in [3.05, 3.63) is 35.4 Å². The summed E-state index contributed by atoms with van der Waals surface area (Å²) >= 11 is 0. The molecule has 1 aromatic rings. The smallest absolute Gasteiger partial charge is 0.224 e. The van der Waals surface area contributed by atoms with Crippen LogP contribution >= 0.6 is 0 Å². The number of halogens is 2. The van der Waals surface area contributed by atoms with Crippen molar-refractivity contribution in [3.63, 3.8) is 0 Å². The summed E-state index contributed by atoms with van der Waals surface area (Å²) in [5.74, 6) is -1.89. The largest absolute Gasteiger partial charge is 0.355 e. The lowest BCUT2D eigenvalue weighted by atomic mass is 10.0. The Hall–Kier alpha value is -1.49. The lowest BCUT2D eigenvalue weighted by molar-refractivity contribution is -0.120. The molecule has 0 heterocycles. The van der Waals surface area contributed by atoms with E-state index in [0.29, 0.717) is 12.5 Å². The van der Waals surface area contributed by atoms with Gasteiger partial charge in [0.25, 0.3) is 0 Å². The van der Waals surface area contributed by atoms with Crippen molar-refractivity contribution in [2.24, 2.45) is 11.7 Å². The zero-order valence-electron chi connectivity index (χ0n) is 10.7. The highest BCUT2D eigenvalue weighted by atomic mass is 19.2. The van der Waals surface area contributed by atoms with E-state index in [-0.39, 0.29) is 23.9 Å². The van der Waals surface area contributed by atoms with Crippen molar-refractivity contribution in [3.8, 4) is 0 Å². The molecular formula is C14H18F2N2O. The maximum atomic E-state index is 13.4. The van der Waals surface area contributed by atoms with Crippen LogP contribution in [0.5, 0.6) is 0 Å². The molecule has 0 bridgehead atoms. The minimum Gasteiger partial charge on any atom is -0.355 e. The first-order chi connectivity index (χ1) is 9.08. The second-order valence-electron chi connectivity index (χ2n) is 5.05. The monoisotopic (exact) mass is 268 g/mol. The van der Waals surface area contributed by atoms with E-state index >= 15 is 0 Å². The molecule has 19 heavy (non-hydrogen) atoms. The molecule has 0 aliphatic heterocycles. The third-order valence-electron chi connectivity index (χ3n) is 3.66. The number of nitrogens with one attached hydrogen (secondary N) is 1. The number of benzene rings is 1. The van der Waals surface area contributed by atoms with Crippen molar-refractivity contribution >= 4 is 5.91 Å². The van der Waals surface area contributed by atoms with Crippen LogP contribution in [0.15, 0.2) is 18.2 Å². The van der Waals surface area contributed by atoms with Gasteiger partial charge in [-0.15, -0.1) is 0 Å². The minimum absolute atomic E-state index is 0.0771. The van der Waals surface area contributed by atoms with Crippen LogP contribution in [0.4, 0.5) is 8.78 Å². The number of hydrogen-bond acceptors (Lipinski definition) is 2. The molecule has 0 saturated heterocycles. The Morgan fingerprint density at radius 1 is 1.37 bits per heavy atom. The molecular weight excluding hydrogens is 250 g/mol. The molecule has 0 aromatic heterocycles. The van der Waals surface area contributed by atoms with Crippen LogP contribution in [0.1, 0.15) is 24.8 Å². The Labute approximate surface area is 111 Å². The second-order valence-corrected chi connectivity index (χ2v) is 5.05. The molecule has 5 heteroatoms. The van der Waals surface area contributed by atoms with Crippen molar-refractivity contribution in [2.45, 2.75) is 31.7 Å². The molecule has 1 fully saturated rings. The van der Waals surface area contributed by atoms with Gasteiger partial charge in [-0.05, 0) is 24.8 Å². The van der Waals surface area contributed by atoms with Crippen molar-refractivity contribution in [1.29, 1.82) is 0 Å². The number of carbonyl (C=O) groups is 1. The first-order valence-corrected chi connectivity index (χ1v) is 6.53. The Bertz CT molecular complexity index is 465. The molecule has 1 amide bonds. The number of amides is 1. The first-order valence-electron chi connectivity index (χ1n) is 6.53. The van der Waals surface area contributed by atoms with Crippen LogP contribution < -0.4 is 11.1 Å². The van der Waals surface area contributed by atoms with Crippen molar-refractivity contribution < 1.29 is 13.6 Å². The van der Waals surface area contributed by atoms with Gasteiger partial charge in [0.1, 0.15) is 0 Å². The third kappa shape index (κ3) is 3.50. The first kappa shape index (κ1) is 13.9. The zero-order chi connectivity index (χ0) is 13.8. The fourth-order valence-corrected chi connectivity index (χ4v) is 2.48. The topological polar surface area (TPSA) is 55.1 Å². The lowest BCUT2D eigenvalue weighted by Crippen LogP contribution is -2.36. The maximum Gasteiger partial charge on any atom is 0.224 e. The lowest BCUT2D eigenvalue weighted by Gasteiger charge is -2.15. The van der Waals surface area contributed by atoms with E-state index in [4.69, 9.17) is 5.73 Å². The van der Waals surface area contributed by atoms with Gasteiger partial charge in [0, 0.05) is 18.2 Å². The van der Waals surface area contributed by atoms with Gasteiger partial charge in [0.05, 0.1) is 6.42 Å². The Morgan fingerprint density at radius 3 is 2.84 bits per heavy atom. The van der Waals surface area contributed by atoms with Gasteiger partial charge in [0.15, 0.2) is 11.6 Å². The molecule has 2 atom stereocenters. The van der Waals surface area contributed by atoms with E-state index in [1.807, 2.05) is 0 Å². The number of hydrogen-bond donors (Lipinski definition) is 2. The predicted octanol–water partition coefficient (Wildman–Crippen LogP) is 1.75. The number of nitrogens with two attached hydrogens (primary N) is 1. The summed E-state index contributed by atoms with van der Waals surface area (Å²) in [7, 11) is 0. The van der Waals surface area contributed by atoms with Crippen LogP contribution in [-0.2, 0) is 11.2 Å². The van der Waals surface area contributed by atoms with Gasteiger partial charge in [-0.1, -0.05) is 18.6 Å². The van der Waals surface area contributed by atoms with Crippen LogP contribution in [0.3, 0.4) is 0 Å². The average molecular weight is 268 g/mol. The number of carbonyl (C=O) groups excluding carboxylic acids is 1. The predicted molar refractivity (Wildman–Crippen MR) is 68.4 cm³/mol. The van der Waals surface area contributed by atoms with E-state index in [0.717, 1.165) is 25.3 Å². The molecule has 0 radical (unpaired) electrons. The summed E-state index contributed by atoms with van der Waals surface area (Å²) in [6, 6.07) is 3.98. The van der Waals surface area contributed by atoms with E-state index in [9.17, 15) is 13.6 Å². The highest BCUT2D eigenvalue weighted by Crippen LogP contribution is 2.23. The van der Waals surface area contributed by atoms with Gasteiger partial charge >= 0.3 is 0 Å². The highest BCUT2D eigenvalue weighted by Gasteiger charge is 2.24. The molecule has 3 nitrogen and oxygen atoms in total. The Balaban J connectivity index is 1.85. The van der Waals surface area contributed by atoms with E-state index in [2.05, 4.69) is 5.32 Å². The molecule has 2 rings (SSSR count). The van der Waals surface area contributed by atoms with E-state index in [1.54, 1.807) is 0 Å².